The number of nitrogen functional groups attached to an aromatic ring is 1. The molecule has 80 valence electrons. The maximum atomic E-state index is 5.57. The van der Waals surface area contributed by atoms with Crippen LogP contribution in [0.15, 0.2) is 12.4 Å². The molecule has 1 heterocycles. The Morgan fingerprint density at radius 2 is 1.93 bits per heavy atom. The van der Waals surface area contributed by atoms with Gasteiger partial charge in [0.25, 0.3) is 0 Å². The van der Waals surface area contributed by atoms with Crippen molar-refractivity contribution >= 4 is 5.69 Å². The van der Waals surface area contributed by atoms with E-state index in [2.05, 4.69) is 12.0 Å². The Hall–Kier alpha value is -0.990. The molecule has 1 aromatic heterocycles. The number of hydrogen-bond donors (Lipinski definition) is 1. The number of nitrogens with two attached hydrogens (primary N) is 1. The van der Waals surface area contributed by atoms with Crippen LogP contribution in [0.3, 0.4) is 0 Å². The summed E-state index contributed by atoms with van der Waals surface area (Å²) in [5.41, 5.74) is 6.33. The van der Waals surface area contributed by atoms with Crippen LogP contribution in [-0.2, 0) is 6.54 Å². The van der Waals surface area contributed by atoms with E-state index in [-0.39, 0.29) is 0 Å². The van der Waals surface area contributed by atoms with Gasteiger partial charge in [-0.1, -0.05) is 39.0 Å². The van der Waals surface area contributed by atoms with E-state index in [4.69, 9.17) is 5.73 Å². The number of aryl methyl sites for hydroxylation is 1. The molecule has 0 unspecified atom stereocenters. The zero-order chi connectivity index (χ0) is 10.2. The van der Waals surface area contributed by atoms with E-state index in [1.807, 2.05) is 10.9 Å². The van der Waals surface area contributed by atoms with Crippen LogP contribution in [0.1, 0.15) is 45.4 Å². The average Bonchev–Trinajstić information content (AvgIpc) is 2.58. The lowest BCUT2D eigenvalue weighted by atomic mass is 10.1. The van der Waals surface area contributed by atoms with Gasteiger partial charge < -0.3 is 5.73 Å². The smallest absolute Gasteiger partial charge is 0.0719 e. The van der Waals surface area contributed by atoms with Crippen molar-refractivity contribution in [1.82, 2.24) is 9.78 Å². The van der Waals surface area contributed by atoms with E-state index in [1.54, 1.807) is 6.20 Å². The fourth-order valence-electron chi connectivity index (χ4n) is 1.56. The number of aromatic nitrogens is 2. The first-order chi connectivity index (χ1) is 6.83. The summed E-state index contributed by atoms with van der Waals surface area (Å²) in [6, 6.07) is 0. The van der Waals surface area contributed by atoms with Crippen LogP contribution < -0.4 is 5.73 Å². The fraction of sp³-hybridized carbons (Fsp3) is 0.727. The molecule has 0 aliphatic heterocycles. The summed E-state index contributed by atoms with van der Waals surface area (Å²) in [6.45, 7) is 3.25. The maximum Gasteiger partial charge on any atom is 0.0719 e. The molecule has 14 heavy (non-hydrogen) atoms. The predicted octanol–water partition coefficient (Wildman–Crippen LogP) is 2.83. The van der Waals surface area contributed by atoms with Crippen LogP contribution in [-0.4, -0.2) is 9.78 Å². The lowest BCUT2D eigenvalue weighted by molar-refractivity contribution is 0.527. The zero-order valence-corrected chi connectivity index (χ0v) is 9.08. The van der Waals surface area contributed by atoms with E-state index in [0.29, 0.717) is 0 Å². The van der Waals surface area contributed by atoms with Gasteiger partial charge in [0.15, 0.2) is 0 Å². The summed E-state index contributed by atoms with van der Waals surface area (Å²) >= 11 is 0. The second-order valence-electron chi connectivity index (χ2n) is 3.80. The van der Waals surface area contributed by atoms with Gasteiger partial charge in [0, 0.05) is 12.7 Å². The highest BCUT2D eigenvalue weighted by Gasteiger charge is 1.94. The van der Waals surface area contributed by atoms with Crippen molar-refractivity contribution in [2.24, 2.45) is 0 Å². The zero-order valence-electron chi connectivity index (χ0n) is 9.08. The SMILES string of the molecule is CCCCCCCCn1cc(N)cn1. The number of nitrogens with zero attached hydrogens (tertiary/aromatic N) is 2. The summed E-state index contributed by atoms with van der Waals surface area (Å²) < 4.78 is 1.93. The third kappa shape index (κ3) is 4.30. The van der Waals surface area contributed by atoms with E-state index in [0.717, 1.165) is 12.2 Å². The van der Waals surface area contributed by atoms with Crippen LogP contribution in [0.4, 0.5) is 5.69 Å². The Bertz CT molecular complexity index is 242. The van der Waals surface area contributed by atoms with Gasteiger partial charge >= 0.3 is 0 Å². The van der Waals surface area contributed by atoms with Gasteiger partial charge in [-0.25, -0.2) is 0 Å². The molecule has 0 fully saturated rings. The Labute approximate surface area is 86.3 Å². The maximum absolute atomic E-state index is 5.57. The lowest BCUT2D eigenvalue weighted by Gasteiger charge is -2.01. The molecular weight excluding hydrogens is 174 g/mol. The van der Waals surface area contributed by atoms with Gasteiger partial charge in [-0.3, -0.25) is 4.68 Å². The van der Waals surface area contributed by atoms with Gasteiger partial charge in [-0.05, 0) is 6.42 Å². The molecule has 0 aliphatic rings. The fourth-order valence-corrected chi connectivity index (χ4v) is 1.56. The summed E-state index contributed by atoms with van der Waals surface area (Å²) in [7, 11) is 0. The minimum Gasteiger partial charge on any atom is -0.396 e. The van der Waals surface area contributed by atoms with E-state index < -0.39 is 0 Å². The first-order valence-electron chi connectivity index (χ1n) is 5.61. The first-order valence-corrected chi connectivity index (χ1v) is 5.61. The molecule has 1 aromatic rings. The summed E-state index contributed by atoms with van der Waals surface area (Å²) in [5.74, 6) is 0. The second-order valence-corrected chi connectivity index (χ2v) is 3.80. The van der Waals surface area contributed by atoms with Crippen LogP contribution >= 0.6 is 0 Å². The minimum atomic E-state index is 0.760. The van der Waals surface area contributed by atoms with E-state index >= 15 is 0 Å². The Morgan fingerprint density at radius 3 is 2.57 bits per heavy atom. The van der Waals surface area contributed by atoms with Gasteiger partial charge in [0.2, 0.25) is 0 Å². The third-order valence-corrected chi connectivity index (χ3v) is 2.39. The van der Waals surface area contributed by atoms with Gasteiger partial charge in [0.05, 0.1) is 11.9 Å². The molecule has 1 rings (SSSR count). The molecule has 0 bridgehead atoms. The molecule has 0 amide bonds. The number of anilines is 1. The van der Waals surface area contributed by atoms with Crippen molar-refractivity contribution < 1.29 is 0 Å². The monoisotopic (exact) mass is 195 g/mol. The minimum absolute atomic E-state index is 0.760. The average molecular weight is 195 g/mol. The molecule has 0 atom stereocenters. The van der Waals surface area contributed by atoms with Crippen LogP contribution in [0, 0.1) is 0 Å². The summed E-state index contributed by atoms with van der Waals surface area (Å²) in [4.78, 5) is 0. The number of rotatable bonds is 7. The normalized spacial score (nSPS) is 10.6. The molecule has 0 saturated carbocycles. The molecule has 3 nitrogen and oxygen atoms in total. The van der Waals surface area contributed by atoms with Crippen LogP contribution in [0.5, 0.6) is 0 Å². The van der Waals surface area contributed by atoms with Crippen LogP contribution in [0.25, 0.3) is 0 Å². The lowest BCUT2D eigenvalue weighted by Crippen LogP contribution is -1.97. The van der Waals surface area contributed by atoms with Crippen molar-refractivity contribution in [2.75, 3.05) is 5.73 Å². The highest BCUT2D eigenvalue weighted by Crippen LogP contribution is 2.06. The molecule has 0 aromatic carbocycles. The van der Waals surface area contributed by atoms with Crippen molar-refractivity contribution in [2.45, 2.75) is 52.0 Å². The van der Waals surface area contributed by atoms with Crippen molar-refractivity contribution in [3.05, 3.63) is 12.4 Å². The molecule has 2 N–H and O–H groups in total. The van der Waals surface area contributed by atoms with Gasteiger partial charge in [-0.15, -0.1) is 0 Å². The van der Waals surface area contributed by atoms with Crippen molar-refractivity contribution in [3.8, 4) is 0 Å². The largest absolute Gasteiger partial charge is 0.396 e. The molecule has 0 spiro atoms. The van der Waals surface area contributed by atoms with Gasteiger partial charge in [0.1, 0.15) is 0 Å². The summed E-state index contributed by atoms with van der Waals surface area (Å²) in [6.07, 6.45) is 11.5. The van der Waals surface area contributed by atoms with Crippen molar-refractivity contribution in [3.63, 3.8) is 0 Å². The quantitative estimate of drug-likeness (QED) is 0.680. The molecule has 0 saturated heterocycles. The van der Waals surface area contributed by atoms with Gasteiger partial charge in [-0.2, -0.15) is 5.10 Å². The molecule has 0 radical (unpaired) electrons. The predicted molar refractivity (Wildman–Crippen MR) is 60.0 cm³/mol. The van der Waals surface area contributed by atoms with Crippen molar-refractivity contribution in [1.29, 1.82) is 0 Å². The van der Waals surface area contributed by atoms with E-state index in [9.17, 15) is 0 Å². The second kappa shape index (κ2) is 6.46. The first kappa shape index (κ1) is 11.1. The Balaban J connectivity index is 1.99. The summed E-state index contributed by atoms with van der Waals surface area (Å²) in [5, 5.41) is 4.14. The van der Waals surface area contributed by atoms with E-state index in [1.165, 1.54) is 38.5 Å². The third-order valence-electron chi connectivity index (χ3n) is 2.39. The number of unbranched alkanes of at least 4 members (excludes halogenated alkanes) is 5. The Morgan fingerprint density at radius 1 is 1.21 bits per heavy atom. The molecule has 0 aliphatic carbocycles. The standard InChI is InChI=1S/C11H21N3/c1-2-3-4-5-6-7-8-14-10-11(12)9-13-14/h9-10H,2-8,12H2,1H3. The topological polar surface area (TPSA) is 43.8 Å². The highest BCUT2D eigenvalue weighted by molar-refractivity contribution is 5.30. The highest BCUT2D eigenvalue weighted by atomic mass is 15.3. The number of hydrogen-bond acceptors (Lipinski definition) is 2. The van der Waals surface area contributed by atoms with Crippen LogP contribution in [0.2, 0.25) is 0 Å². The Kier molecular flexibility index (Phi) is 5.12. The molecule has 3 heteroatoms. The molecular formula is C11H21N3.